The highest BCUT2D eigenvalue weighted by Gasteiger charge is 2.29. The van der Waals surface area contributed by atoms with Crippen LogP contribution in [0.3, 0.4) is 0 Å². The summed E-state index contributed by atoms with van der Waals surface area (Å²) in [6.07, 6.45) is 1.21. The van der Waals surface area contributed by atoms with Gasteiger partial charge in [-0.3, -0.25) is 4.90 Å². The molecule has 0 aliphatic carbocycles. The van der Waals surface area contributed by atoms with Gasteiger partial charge in [-0.05, 0) is 40.7 Å². The Morgan fingerprint density at radius 2 is 2.06 bits per heavy atom. The first kappa shape index (κ1) is 13.9. The Kier molecular flexibility index (Phi) is 5.22. The zero-order chi connectivity index (χ0) is 12.2. The lowest BCUT2D eigenvalue weighted by Crippen LogP contribution is -2.52. The van der Waals surface area contributed by atoms with Crippen LogP contribution in [0.1, 0.15) is 41.0 Å². The van der Waals surface area contributed by atoms with Gasteiger partial charge in [-0.25, -0.2) is 0 Å². The van der Waals surface area contributed by atoms with Crippen LogP contribution in [-0.2, 0) is 4.74 Å². The largest absolute Gasteiger partial charge is 0.373 e. The summed E-state index contributed by atoms with van der Waals surface area (Å²) in [7, 11) is 0. The standard InChI is InChI=1S/C13H28N2O/c1-6-14-11(2)9-12(3)15-7-8-16-13(4,5)10-15/h11-12,14H,6-10H2,1-5H3. The second kappa shape index (κ2) is 5.99. The Hall–Kier alpha value is -0.120. The zero-order valence-corrected chi connectivity index (χ0v) is 11.5. The number of ether oxygens (including phenoxy) is 1. The quantitative estimate of drug-likeness (QED) is 0.777. The lowest BCUT2D eigenvalue weighted by molar-refractivity contribution is -0.0965. The predicted molar refractivity (Wildman–Crippen MR) is 68.8 cm³/mol. The van der Waals surface area contributed by atoms with Crippen molar-refractivity contribution < 1.29 is 4.74 Å². The third-order valence-electron chi connectivity index (χ3n) is 3.33. The van der Waals surface area contributed by atoms with Crippen molar-refractivity contribution in [1.29, 1.82) is 0 Å². The highest BCUT2D eigenvalue weighted by Crippen LogP contribution is 2.19. The van der Waals surface area contributed by atoms with E-state index in [4.69, 9.17) is 4.74 Å². The smallest absolute Gasteiger partial charge is 0.0753 e. The van der Waals surface area contributed by atoms with Gasteiger partial charge < -0.3 is 10.1 Å². The fourth-order valence-electron chi connectivity index (χ4n) is 2.52. The highest BCUT2D eigenvalue weighted by molar-refractivity contribution is 4.83. The third-order valence-corrected chi connectivity index (χ3v) is 3.33. The van der Waals surface area contributed by atoms with Crippen LogP contribution in [0.5, 0.6) is 0 Å². The lowest BCUT2D eigenvalue weighted by Gasteiger charge is -2.41. The Labute approximate surface area is 101 Å². The van der Waals surface area contributed by atoms with Crippen molar-refractivity contribution in [3.63, 3.8) is 0 Å². The van der Waals surface area contributed by atoms with Crippen LogP contribution < -0.4 is 5.32 Å². The number of nitrogens with zero attached hydrogens (tertiary/aromatic N) is 1. The van der Waals surface area contributed by atoms with Crippen molar-refractivity contribution in [2.45, 2.75) is 58.7 Å². The summed E-state index contributed by atoms with van der Waals surface area (Å²) in [5, 5.41) is 3.48. The van der Waals surface area contributed by atoms with Crippen molar-refractivity contribution in [3.8, 4) is 0 Å². The maximum absolute atomic E-state index is 5.74. The average Bonchev–Trinajstić information content (AvgIpc) is 2.16. The monoisotopic (exact) mass is 228 g/mol. The van der Waals surface area contributed by atoms with Crippen molar-refractivity contribution >= 4 is 0 Å². The van der Waals surface area contributed by atoms with Crippen LogP contribution >= 0.6 is 0 Å². The molecule has 0 amide bonds. The molecule has 0 radical (unpaired) electrons. The minimum atomic E-state index is 0.0218. The van der Waals surface area contributed by atoms with E-state index in [2.05, 4.69) is 44.8 Å². The molecule has 3 nitrogen and oxygen atoms in total. The van der Waals surface area contributed by atoms with Gasteiger partial charge in [-0.2, -0.15) is 0 Å². The van der Waals surface area contributed by atoms with Crippen molar-refractivity contribution in [1.82, 2.24) is 10.2 Å². The highest BCUT2D eigenvalue weighted by atomic mass is 16.5. The van der Waals surface area contributed by atoms with Crippen molar-refractivity contribution in [2.24, 2.45) is 0 Å². The molecule has 0 aromatic rings. The molecule has 2 atom stereocenters. The molecular formula is C13H28N2O. The van der Waals surface area contributed by atoms with E-state index >= 15 is 0 Å². The molecule has 0 spiro atoms. The van der Waals surface area contributed by atoms with Crippen LogP contribution in [0.4, 0.5) is 0 Å². The molecule has 1 aliphatic rings. The van der Waals surface area contributed by atoms with E-state index in [0.29, 0.717) is 12.1 Å². The van der Waals surface area contributed by atoms with Crippen LogP contribution in [0.2, 0.25) is 0 Å². The van der Waals surface area contributed by atoms with Gasteiger partial charge in [0.05, 0.1) is 12.2 Å². The molecule has 1 aliphatic heterocycles. The average molecular weight is 228 g/mol. The molecule has 96 valence electrons. The van der Waals surface area contributed by atoms with E-state index < -0.39 is 0 Å². The van der Waals surface area contributed by atoms with Gasteiger partial charge in [0.2, 0.25) is 0 Å². The topological polar surface area (TPSA) is 24.5 Å². The summed E-state index contributed by atoms with van der Waals surface area (Å²) in [5.74, 6) is 0. The number of rotatable bonds is 5. The second-order valence-electron chi connectivity index (χ2n) is 5.62. The fraction of sp³-hybridized carbons (Fsp3) is 1.00. The first-order valence-corrected chi connectivity index (χ1v) is 6.56. The van der Waals surface area contributed by atoms with Gasteiger partial charge >= 0.3 is 0 Å². The Morgan fingerprint density at radius 1 is 1.38 bits per heavy atom. The summed E-state index contributed by atoms with van der Waals surface area (Å²) in [6, 6.07) is 1.24. The minimum Gasteiger partial charge on any atom is -0.373 e. The molecule has 0 aromatic carbocycles. The fourth-order valence-corrected chi connectivity index (χ4v) is 2.52. The zero-order valence-electron chi connectivity index (χ0n) is 11.5. The van der Waals surface area contributed by atoms with E-state index in [0.717, 1.165) is 26.2 Å². The predicted octanol–water partition coefficient (Wildman–Crippen LogP) is 1.87. The van der Waals surface area contributed by atoms with Crippen LogP contribution in [-0.4, -0.2) is 48.8 Å². The molecule has 0 saturated carbocycles. The van der Waals surface area contributed by atoms with E-state index in [1.54, 1.807) is 0 Å². The number of nitrogens with one attached hydrogen (secondary N) is 1. The first-order valence-electron chi connectivity index (χ1n) is 6.56. The molecule has 1 saturated heterocycles. The minimum absolute atomic E-state index is 0.0218. The molecular weight excluding hydrogens is 200 g/mol. The summed E-state index contributed by atoms with van der Waals surface area (Å²) >= 11 is 0. The summed E-state index contributed by atoms with van der Waals surface area (Å²) in [5.41, 5.74) is 0.0218. The van der Waals surface area contributed by atoms with Crippen LogP contribution in [0, 0.1) is 0 Å². The summed E-state index contributed by atoms with van der Waals surface area (Å²) in [6.45, 7) is 15.2. The van der Waals surface area contributed by atoms with Gasteiger partial charge in [0.25, 0.3) is 0 Å². The first-order chi connectivity index (χ1) is 7.44. The Bertz CT molecular complexity index is 206. The Balaban J connectivity index is 2.38. The lowest BCUT2D eigenvalue weighted by atomic mass is 10.0. The van der Waals surface area contributed by atoms with Gasteiger partial charge in [0.1, 0.15) is 0 Å². The molecule has 1 fully saturated rings. The van der Waals surface area contributed by atoms with Crippen molar-refractivity contribution in [3.05, 3.63) is 0 Å². The van der Waals surface area contributed by atoms with Gasteiger partial charge in [-0.15, -0.1) is 0 Å². The molecule has 16 heavy (non-hydrogen) atoms. The van der Waals surface area contributed by atoms with E-state index in [1.165, 1.54) is 6.42 Å². The molecule has 0 aromatic heterocycles. The van der Waals surface area contributed by atoms with Gasteiger partial charge in [-0.1, -0.05) is 6.92 Å². The van der Waals surface area contributed by atoms with E-state index in [1.807, 2.05) is 0 Å². The number of morpholine rings is 1. The van der Waals surface area contributed by atoms with Gasteiger partial charge in [0.15, 0.2) is 0 Å². The summed E-state index contributed by atoms with van der Waals surface area (Å²) < 4.78 is 5.74. The maximum Gasteiger partial charge on any atom is 0.0753 e. The molecule has 1 N–H and O–H groups in total. The summed E-state index contributed by atoms with van der Waals surface area (Å²) in [4.78, 5) is 2.55. The third kappa shape index (κ3) is 4.40. The van der Waals surface area contributed by atoms with Crippen molar-refractivity contribution in [2.75, 3.05) is 26.2 Å². The molecule has 2 unspecified atom stereocenters. The van der Waals surface area contributed by atoms with E-state index in [9.17, 15) is 0 Å². The molecule has 0 bridgehead atoms. The van der Waals surface area contributed by atoms with Crippen LogP contribution in [0.15, 0.2) is 0 Å². The van der Waals surface area contributed by atoms with Gasteiger partial charge in [0, 0.05) is 25.2 Å². The number of hydrogen-bond donors (Lipinski definition) is 1. The molecule has 3 heteroatoms. The number of hydrogen-bond acceptors (Lipinski definition) is 3. The second-order valence-corrected chi connectivity index (χ2v) is 5.62. The molecule has 1 rings (SSSR count). The molecule has 1 heterocycles. The maximum atomic E-state index is 5.74. The van der Waals surface area contributed by atoms with Crippen LogP contribution in [0.25, 0.3) is 0 Å². The Morgan fingerprint density at radius 3 is 2.62 bits per heavy atom. The SMILES string of the molecule is CCNC(C)CC(C)N1CCOC(C)(C)C1. The van der Waals surface area contributed by atoms with E-state index in [-0.39, 0.29) is 5.60 Å². The normalized spacial score (nSPS) is 25.3.